The molecule has 0 amide bonds. The van der Waals surface area contributed by atoms with Gasteiger partial charge in [-0.25, -0.2) is 0 Å². The fourth-order valence-electron chi connectivity index (χ4n) is 4.62. The molecule has 1 atom stereocenters. The molecule has 0 saturated heterocycles. The van der Waals surface area contributed by atoms with E-state index >= 15 is 0 Å². The Bertz CT molecular complexity index is 1100. The smallest absolute Gasteiger partial charge is 0.163 e. The fourth-order valence-corrected chi connectivity index (χ4v) is 4.62. The van der Waals surface area contributed by atoms with Crippen molar-refractivity contribution < 1.29 is 9.59 Å². The third kappa shape index (κ3) is 5.31. The lowest BCUT2D eigenvalue weighted by molar-refractivity contribution is -0.118. The molecular weight excluding hydrogens is 392 g/mol. The molecule has 0 heterocycles. The lowest BCUT2D eigenvalue weighted by Gasteiger charge is -2.18. The number of hydrogen-bond acceptors (Lipinski definition) is 2. The molecule has 162 valence electrons. The van der Waals surface area contributed by atoms with Crippen molar-refractivity contribution in [2.24, 2.45) is 5.92 Å². The van der Waals surface area contributed by atoms with E-state index in [1.807, 2.05) is 48.6 Å². The summed E-state index contributed by atoms with van der Waals surface area (Å²) in [7, 11) is 0. The highest BCUT2D eigenvalue weighted by molar-refractivity contribution is 5.97. The second-order valence-corrected chi connectivity index (χ2v) is 8.65. The van der Waals surface area contributed by atoms with Crippen LogP contribution >= 0.6 is 0 Å². The number of carbonyl (C=O) groups excluding carboxylic acids is 2. The van der Waals surface area contributed by atoms with Crippen LogP contribution in [0.1, 0.15) is 49.3 Å². The molecule has 2 nitrogen and oxygen atoms in total. The summed E-state index contributed by atoms with van der Waals surface area (Å²) in [5.41, 5.74) is 6.90. The first-order valence-corrected chi connectivity index (χ1v) is 11.6. The standard InChI is InChI=1S/C30H30O2/c1-2-28-25(17-19-29(28)24-8-4-3-5-9-24)16-18-27(31)20-22-12-14-23(15-13-22)21-30(32)26-10-6-7-11-26/h3-10,12-15,17,19,28H,2,11,16,18,20-21H2,1H3. The molecule has 0 spiro atoms. The number of ketones is 2. The topological polar surface area (TPSA) is 34.1 Å². The Labute approximate surface area is 191 Å². The van der Waals surface area contributed by atoms with Gasteiger partial charge >= 0.3 is 0 Å². The molecular formula is C30H30O2. The molecule has 2 heteroatoms. The van der Waals surface area contributed by atoms with Gasteiger partial charge in [0, 0.05) is 25.2 Å². The Kier molecular flexibility index (Phi) is 7.11. The monoisotopic (exact) mass is 422 g/mol. The van der Waals surface area contributed by atoms with E-state index in [1.165, 1.54) is 16.7 Å². The van der Waals surface area contributed by atoms with Crippen molar-refractivity contribution in [2.75, 3.05) is 0 Å². The molecule has 0 fully saturated rings. The molecule has 0 radical (unpaired) electrons. The first-order valence-electron chi connectivity index (χ1n) is 11.6. The highest BCUT2D eigenvalue weighted by Gasteiger charge is 2.22. The first-order chi connectivity index (χ1) is 15.6. The average Bonchev–Trinajstić information content (AvgIpc) is 3.50. The molecule has 2 aromatic rings. The number of benzene rings is 2. The Morgan fingerprint density at radius 1 is 0.875 bits per heavy atom. The molecule has 0 bridgehead atoms. The largest absolute Gasteiger partial charge is 0.299 e. The highest BCUT2D eigenvalue weighted by atomic mass is 16.1. The van der Waals surface area contributed by atoms with Gasteiger partial charge < -0.3 is 0 Å². The van der Waals surface area contributed by atoms with E-state index in [-0.39, 0.29) is 11.6 Å². The summed E-state index contributed by atoms with van der Waals surface area (Å²) < 4.78 is 0. The van der Waals surface area contributed by atoms with E-state index in [1.54, 1.807) is 0 Å². The van der Waals surface area contributed by atoms with Crippen molar-refractivity contribution >= 4 is 17.1 Å². The lowest BCUT2D eigenvalue weighted by atomic mass is 9.86. The van der Waals surface area contributed by atoms with Crippen LogP contribution in [0.5, 0.6) is 0 Å². The normalized spacial score (nSPS) is 17.2. The van der Waals surface area contributed by atoms with Gasteiger partial charge in [-0.2, -0.15) is 0 Å². The number of rotatable bonds is 10. The molecule has 0 aromatic heterocycles. The minimum Gasteiger partial charge on any atom is -0.299 e. The summed E-state index contributed by atoms with van der Waals surface area (Å²) in [5, 5.41) is 0. The zero-order valence-electron chi connectivity index (χ0n) is 18.7. The van der Waals surface area contributed by atoms with Gasteiger partial charge in [-0.15, -0.1) is 0 Å². The third-order valence-electron chi connectivity index (χ3n) is 6.43. The second kappa shape index (κ2) is 10.4. The van der Waals surface area contributed by atoms with Gasteiger partial charge in [-0.05, 0) is 47.1 Å². The predicted molar refractivity (Wildman–Crippen MR) is 131 cm³/mol. The van der Waals surface area contributed by atoms with Gasteiger partial charge in [0.25, 0.3) is 0 Å². The van der Waals surface area contributed by atoms with Crippen LogP contribution in [0.25, 0.3) is 5.57 Å². The molecule has 2 aromatic carbocycles. The van der Waals surface area contributed by atoms with Crippen molar-refractivity contribution in [3.63, 3.8) is 0 Å². The summed E-state index contributed by atoms with van der Waals surface area (Å²) in [6.45, 7) is 2.22. The van der Waals surface area contributed by atoms with Gasteiger partial charge in [0.1, 0.15) is 5.78 Å². The van der Waals surface area contributed by atoms with Crippen LogP contribution in [-0.4, -0.2) is 11.6 Å². The van der Waals surface area contributed by atoms with Crippen LogP contribution < -0.4 is 0 Å². The van der Waals surface area contributed by atoms with E-state index < -0.39 is 0 Å². The SMILES string of the molecule is CCC1C(CCC(=O)Cc2ccc(CC(=O)C3=CC=CC3)cc2)=CC=C1c1ccccc1. The van der Waals surface area contributed by atoms with E-state index in [0.717, 1.165) is 36.0 Å². The van der Waals surface area contributed by atoms with E-state index in [4.69, 9.17) is 0 Å². The van der Waals surface area contributed by atoms with Crippen LogP contribution in [0.4, 0.5) is 0 Å². The van der Waals surface area contributed by atoms with Crippen molar-refractivity contribution in [2.45, 2.75) is 45.4 Å². The number of Topliss-reactive ketones (excluding diaryl/α,β-unsaturated/α-hetero) is 2. The van der Waals surface area contributed by atoms with Crippen molar-refractivity contribution in [1.82, 2.24) is 0 Å². The Morgan fingerprint density at radius 3 is 2.25 bits per heavy atom. The molecule has 32 heavy (non-hydrogen) atoms. The number of carbonyl (C=O) groups is 2. The number of hydrogen-bond donors (Lipinski definition) is 0. The zero-order chi connectivity index (χ0) is 22.3. The quantitative estimate of drug-likeness (QED) is 0.431. The predicted octanol–water partition coefficient (Wildman–Crippen LogP) is 6.63. The maximum atomic E-state index is 12.6. The van der Waals surface area contributed by atoms with Gasteiger partial charge in [-0.3, -0.25) is 9.59 Å². The highest BCUT2D eigenvalue weighted by Crippen LogP contribution is 2.38. The van der Waals surface area contributed by atoms with Crippen LogP contribution in [-0.2, 0) is 22.4 Å². The van der Waals surface area contributed by atoms with Crippen molar-refractivity contribution in [3.8, 4) is 0 Å². The van der Waals surface area contributed by atoms with Crippen LogP contribution in [0, 0.1) is 5.92 Å². The van der Waals surface area contributed by atoms with E-state index in [2.05, 4.69) is 43.3 Å². The van der Waals surface area contributed by atoms with Gasteiger partial charge in [0.15, 0.2) is 5.78 Å². The van der Waals surface area contributed by atoms with Crippen molar-refractivity contribution in [3.05, 3.63) is 113 Å². The summed E-state index contributed by atoms with van der Waals surface area (Å²) >= 11 is 0. The Balaban J connectivity index is 1.26. The van der Waals surface area contributed by atoms with Crippen molar-refractivity contribution in [1.29, 1.82) is 0 Å². The van der Waals surface area contributed by atoms with Gasteiger partial charge in [-0.1, -0.05) is 97.5 Å². The molecule has 0 N–H and O–H groups in total. The van der Waals surface area contributed by atoms with E-state index in [0.29, 0.717) is 25.2 Å². The molecule has 2 aliphatic rings. The fraction of sp³-hybridized carbons (Fsp3) is 0.267. The Hall–Kier alpha value is -3.26. The second-order valence-electron chi connectivity index (χ2n) is 8.65. The summed E-state index contributed by atoms with van der Waals surface area (Å²) in [6.07, 6.45) is 14.3. The number of allylic oxidation sites excluding steroid dienone is 8. The molecule has 0 aliphatic heterocycles. The minimum absolute atomic E-state index is 0.178. The zero-order valence-corrected chi connectivity index (χ0v) is 18.7. The molecule has 1 unspecified atom stereocenters. The molecule has 4 rings (SSSR count). The van der Waals surface area contributed by atoms with Gasteiger partial charge in [0.05, 0.1) is 0 Å². The molecule has 2 aliphatic carbocycles. The summed E-state index contributed by atoms with van der Waals surface area (Å²) in [5.74, 6) is 0.852. The van der Waals surface area contributed by atoms with Crippen LogP contribution in [0.15, 0.2) is 96.1 Å². The minimum atomic E-state index is 0.178. The Morgan fingerprint density at radius 2 is 1.59 bits per heavy atom. The maximum absolute atomic E-state index is 12.6. The van der Waals surface area contributed by atoms with Crippen LogP contribution in [0.2, 0.25) is 0 Å². The maximum Gasteiger partial charge on any atom is 0.163 e. The van der Waals surface area contributed by atoms with Gasteiger partial charge in [0.2, 0.25) is 0 Å². The summed E-state index contributed by atoms with van der Waals surface area (Å²) in [6, 6.07) is 18.5. The third-order valence-corrected chi connectivity index (χ3v) is 6.43. The van der Waals surface area contributed by atoms with E-state index in [9.17, 15) is 9.59 Å². The average molecular weight is 423 g/mol. The lowest BCUT2D eigenvalue weighted by Crippen LogP contribution is -2.08. The first kappa shape index (κ1) is 22.0. The molecule has 0 saturated carbocycles. The summed E-state index contributed by atoms with van der Waals surface area (Å²) in [4.78, 5) is 24.9. The van der Waals surface area contributed by atoms with Crippen LogP contribution in [0.3, 0.4) is 0 Å².